The van der Waals surface area contributed by atoms with Gasteiger partial charge in [-0.05, 0) is 30.9 Å². The number of fused-ring (bicyclic) bond motifs is 1. The van der Waals surface area contributed by atoms with Gasteiger partial charge in [-0.15, -0.1) is 0 Å². The first-order valence-corrected chi connectivity index (χ1v) is 6.01. The molecule has 1 aliphatic heterocycles. The minimum absolute atomic E-state index is 0.357. The zero-order valence-corrected chi connectivity index (χ0v) is 9.30. The summed E-state index contributed by atoms with van der Waals surface area (Å²) in [6.45, 7) is 0. The van der Waals surface area contributed by atoms with Gasteiger partial charge in [0.25, 0.3) is 0 Å². The van der Waals surface area contributed by atoms with Crippen LogP contribution in [0.3, 0.4) is 0 Å². The molecule has 0 radical (unpaired) electrons. The lowest BCUT2D eigenvalue weighted by Crippen LogP contribution is -2.30. The number of hydrogen-bond donors (Lipinski definition) is 0. The highest BCUT2D eigenvalue weighted by Gasteiger charge is 2.25. The molecule has 16 heavy (non-hydrogen) atoms. The fraction of sp³-hybridized carbons (Fsp3) is 0.333. The van der Waals surface area contributed by atoms with Crippen LogP contribution < -0.4 is 4.74 Å². The minimum atomic E-state index is 0.357. The Morgan fingerprint density at radius 3 is 2.94 bits per heavy atom. The summed E-state index contributed by atoms with van der Waals surface area (Å²) in [5.41, 5.74) is 1.36. The van der Waals surface area contributed by atoms with E-state index >= 15 is 0 Å². The van der Waals surface area contributed by atoms with E-state index in [2.05, 4.69) is 48.6 Å². The van der Waals surface area contributed by atoms with Crippen molar-refractivity contribution >= 4 is 0 Å². The molecule has 0 N–H and O–H groups in total. The van der Waals surface area contributed by atoms with Crippen LogP contribution in [0.1, 0.15) is 18.4 Å². The van der Waals surface area contributed by atoms with Gasteiger partial charge in [-0.1, -0.05) is 42.5 Å². The van der Waals surface area contributed by atoms with Crippen LogP contribution >= 0.6 is 0 Å². The molecule has 0 spiro atoms. The molecule has 1 heteroatoms. The molecule has 0 saturated carbocycles. The van der Waals surface area contributed by atoms with Crippen molar-refractivity contribution in [1.29, 1.82) is 0 Å². The summed E-state index contributed by atoms with van der Waals surface area (Å²) in [4.78, 5) is 0. The van der Waals surface area contributed by atoms with Crippen LogP contribution in [0.5, 0.6) is 5.75 Å². The zero-order valence-electron chi connectivity index (χ0n) is 9.30. The molecular formula is C15H16O. The lowest BCUT2D eigenvalue weighted by Gasteiger charge is -2.31. The van der Waals surface area contributed by atoms with Crippen LogP contribution in [-0.4, -0.2) is 6.10 Å². The van der Waals surface area contributed by atoms with Crippen molar-refractivity contribution in [2.24, 2.45) is 5.92 Å². The summed E-state index contributed by atoms with van der Waals surface area (Å²) >= 11 is 0. The third kappa shape index (κ3) is 1.78. The molecule has 1 aromatic rings. The second-order valence-electron chi connectivity index (χ2n) is 4.52. The third-order valence-corrected chi connectivity index (χ3v) is 3.44. The molecule has 82 valence electrons. The van der Waals surface area contributed by atoms with Crippen LogP contribution in [0.15, 0.2) is 48.6 Å². The van der Waals surface area contributed by atoms with Gasteiger partial charge in [0, 0.05) is 5.92 Å². The molecule has 1 heterocycles. The second kappa shape index (κ2) is 4.17. The molecule has 1 nitrogen and oxygen atoms in total. The van der Waals surface area contributed by atoms with Crippen molar-refractivity contribution in [3.8, 4) is 5.75 Å². The first-order chi connectivity index (χ1) is 7.93. The van der Waals surface area contributed by atoms with Gasteiger partial charge in [0.2, 0.25) is 0 Å². The SMILES string of the molecule is C1=CCC([C@@H]2CCc3ccccc3O2)C=C1. The van der Waals surface area contributed by atoms with Crippen molar-refractivity contribution in [1.82, 2.24) is 0 Å². The average molecular weight is 212 g/mol. The number of aryl methyl sites for hydroxylation is 1. The highest BCUT2D eigenvalue weighted by atomic mass is 16.5. The summed E-state index contributed by atoms with van der Waals surface area (Å²) in [6.07, 6.45) is 12.5. The summed E-state index contributed by atoms with van der Waals surface area (Å²) in [5, 5.41) is 0. The van der Waals surface area contributed by atoms with Crippen LogP contribution in [-0.2, 0) is 6.42 Å². The summed E-state index contributed by atoms with van der Waals surface area (Å²) < 4.78 is 6.09. The first-order valence-electron chi connectivity index (χ1n) is 6.01. The monoisotopic (exact) mass is 212 g/mol. The van der Waals surface area contributed by atoms with E-state index in [1.54, 1.807) is 0 Å². The standard InChI is InChI=1S/C15H16O/c1-2-6-12(7-3-1)15-11-10-13-8-4-5-9-14(13)16-15/h1-6,8-9,12,15H,7,10-11H2/t12?,15-/m0/s1. The predicted molar refractivity (Wildman–Crippen MR) is 65.6 cm³/mol. The van der Waals surface area contributed by atoms with Crippen LogP contribution in [0.2, 0.25) is 0 Å². The van der Waals surface area contributed by atoms with Gasteiger partial charge < -0.3 is 4.74 Å². The molecule has 1 aliphatic carbocycles. The number of hydrogen-bond acceptors (Lipinski definition) is 1. The lowest BCUT2D eigenvalue weighted by molar-refractivity contribution is 0.132. The van der Waals surface area contributed by atoms with E-state index in [4.69, 9.17) is 4.74 Å². The summed E-state index contributed by atoms with van der Waals surface area (Å²) in [7, 11) is 0. The number of ether oxygens (including phenoxy) is 1. The minimum Gasteiger partial charge on any atom is -0.490 e. The van der Waals surface area contributed by atoms with E-state index in [-0.39, 0.29) is 0 Å². The van der Waals surface area contributed by atoms with Gasteiger partial charge in [0.1, 0.15) is 11.9 Å². The molecule has 2 aliphatic rings. The summed E-state index contributed by atoms with van der Waals surface area (Å²) in [5.74, 6) is 1.64. The van der Waals surface area contributed by atoms with Gasteiger partial charge in [-0.25, -0.2) is 0 Å². The maximum absolute atomic E-state index is 6.09. The third-order valence-electron chi connectivity index (χ3n) is 3.44. The van der Waals surface area contributed by atoms with Crippen LogP contribution in [0.25, 0.3) is 0 Å². The molecular weight excluding hydrogens is 196 g/mol. The normalized spacial score (nSPS) is 27.2. The Morgan fingerprint density at radius 1 is 1.12 bits per heavy atom. The van der Waals surface area contributed by atoms with E-state index in [1.165, 1.54) is 5.56 Å². The molecule has 0 bridgehead atoms. The highest BCUT2D eigenvalue weighted by molar-refractivity contribution is 5.35. The Morgan fingerprint density at radius 2 is 2.06 bits per heavy atom. The predicted octanol–water partition coefficient (Wildman–Crippen LogP) is 3.51. The van der Waals surface area contributed by atoms with Gasteiger partial charge in [-0.3, -0.25) is 0 Å². The number of rotatable bonds is 1. The Bertz CT molecular complexity index is 431. The maximum Gasteiger partial charge on any atom is 0.122 e. The second-order valence-corrected chi connectivity index (χ2v) is 4.52. The van der Waals surface area contributed by atoms with Crippen LogP contribution in [0, 0.1) is 5.92 Å². The number of allylic oxidation sites excluding steroid dienone is 3. The Kier molecular flexibility index (Phi) is 2.53. The average Bonchev–Trinajstić information content (AvgIpc) is 2.39. The van der Waals surface area contributed by atoms with Gasteiger partial charge in [-0.2, -0.15) is 0 Å². The Balaban J connectivity index is 1.77. The molecule has 0 amide bonds. The van der Waals surface area contributed by atoms with E-state index in [9.17, 15) is 0 Å². The smallest absolute Gasteiger partial charge is 0.122 e. The van der Waals surface area contributed by atoms with Gasteiger partial charge in [0.05, 0.1) is 0 Å². The van der Waals surface area contributed by atoms with Crippen molar-refractivity contribution in [2.45, 2.75) is 25.4 Å². The molecule has 0 fully saturated rings. The quantitative estimate of drug-likeness (QED) is 0.692. The largest absolute Gasteiger partial charge is 0.490 e. The van der Waals surface area contributed by atoms with Crippen molar-refractivity contribution in [3.05, 3.63) is 54.1 Å². The molecule has 0 aromatic heterocycles. The lowest BCUT2D eigenvalue weighted by atomic mass is 9.89. The van der Waals surface area contributed by atoms with Crippen LogP contribution in [0.4, 0.5) is 0 Å². The topological polar surface area (TPSA) is 9.23 Å². The Labute approximate surface area is 96.4 Å². The first kappa shape index (κ1) is 9.71. The highest BCUT2D eigenvalue weighted by Crippen LogP contribution is 2.32. The fourth-order valence-electron chi connectivity index (χ4n) is 2.52. The maximum atomic E-state index is 6.09. The van der Waals surface area contributed by atoms with Crippen molar-refractivity contribution < 1.29 is 4.74 Å². The zero-order chi connectivity index (χ0) is 10.8. The van der Waals surface area contributed by atoms with Gasteiger partial charge in [0.15, 0.2) is 0 Å². The van der Waals surface area contributed by atoms with E-state index < -0.39 is 0 Å². The number of benzene rings is 1. The van der Waals surface area contributed by atoms with Crippen molar-refractivity contribution in [3.63, 3.8) is 0 Å². The fourth-order valence-corrected chi connectivity index (χ4v) is 2.52. The molecule has 3 rings (SSSR count). The van der Waals surface area contributed by atoms with E-state index in [1.807, 2.05) is 0 Å². The molecule has 1 aromatic carbocycles. The Hall–Kier alpha value is -1.50. The van der Waals surface area contributed by atoms with Crippen molar-refractivity contribution in [2.75, 3.05) is 0 Å². The molecule has 2 atom stereocenters. The number of para-hydroxylation sites is 1. The van der Waals surface area contributed by atoms with E-state index in [0.717, 1.165) is 25.0 Å². The summed E-state index contributed by atoms with van der Waals surface area (Å²) in [6, 6.07) is 8.40. The molecule has 0 saturated heterocycles. The molecule has 1 unspecified atom stereocenters. The van der Waals surface area contributed by atoms with E-state index in [0.29, 0.717) is 12.0 Å². The van der Waals surface area contributed by atoms with Gasteiger partial charge >= 0.3 is 0 Å².